The summed E-state index contributed by atoms with van der Waals surface area (Å²) in [6.07, 6.45) is 0. The van der Waals surface area contributed by atoms with E-state index in [-0.39, 0.29) is 17.2 Å². The molecule has 1 N–H and O–H groups in total. The molecule has 0 saturated carbocycles. The van der Waals surface area contributed by atoms with Crippen molar-refractivity contribution in [3.63, 3.8) is 0 Å². The van der Waals surface area contributed by atoms with Gasteiger partial charge in [0.2, 0.25) is 5.78 Å². The Bertz CT molecular complexity index is 1470. The average Bonchev–Trinajstić information content (AvgIpc) is 3.51. The van der Waals surface area contributed by atoms with Crippen molar-refractivity contribution in [1.29, 1.82) is 0 Å². The molecule has 1 amide bonds. The summed E-state index contributed by atoms with van der Waals surface area (Å²) >= 11 is 0. The van der Waals surface area contributed by atoms with Crippen LogP contribution in [0.2, 0.25) is 0 Å². The first-order valence-corrected chi connectivity index (χ1v) is 10.8. The first kappa shape index (κ1) is 21.2. The van der Waals surface area contributed by atoms with Gasteiger partial charge in [0.05, 0.1) is 12.3 Å². The number of ether oxygens (including phenoxy) is 1. The number of benzene rings is 3. The maximum atomic E-state index is 13.1. The maximum absolute atomic E-state index is 13.1. The summed E-state index contributed by atoms with van der Waals surface area (Å²) in [5, 5.41) is 7.32. The lowest BCUT2D eigenvalue weighted by Gasteiger charge is -2.04. The van der Waals surface area contributed by atoms with Crippen LogP contribution in [0.3, 0.4) is 0 Å². The van der Waals surface area contributed by atoms with E-state index in [4.69, 9.17) is 13.7 Å². The van der Waals surface area contributed by atoms with E-state index in [2.05, 4.69) is 10.5 Å². The van der Waals surface area contributed by atoms with E-state index in [1.165, 1.54) is 0 Å². The van der Waals surface area contributed by atoms with Crippen LogP contribution in [0, 0.1) is 0 Å². The minimum Gasteiger partial charge on any atom is -0.494 e. The largest absolute Gasteiger partial charge is 0.494 e. The SMILES string of the molecule is CCOc1ccc(-c2cc(C(=O)Nc3c(C(=O)c4ccccc4)oc4ccccc34)no2)cc1. The van der Waals surface area contributed by atoms with E-state index in [1.54, 1.807) is 48.5 Å². The maximum Gasteiger partial charge on any atom is 0.277 e. The molecular weight excluding hydrogens is 432 g/mol. The van der Waals surface area contributed by atoms with E-state index in [1.807, 2.05) is 43.3 Å². The van der Waals surface area contributed by atoms with E-state index in [0.29, 0.717) is 34.6 Å². The molecule has 0 aliphatic rings. The Morgan fingerprint density at radius 1 is 0.941 bits per heavy atom. The summed E-state index contributed by atoms with van der Waals surface area (Å²) in [6.45, 7) is 2.49. The van der Waals surface area contributed by atoms with Crippen LogP contribution in [0.4, 0.5) is 5.69 Å². The average molecular weight is 452 g/mol. The number of hydrogen-bond donors (Lipinski definition) is 1. The number of rotatable bonds is 7. The van der Waals surface area contributed by atoms with Crippen molar-refractivity contribution in [2.24, 2.45) is 0 Å². The van der Waals surface area contributed by atoms with Crippen molar-refractivity contribution in [3.8, 4) is 17.1 Å². The lowest BCUT2D eigenvalue weighted by atomic mass is 10.1. The minimum atomic E-state index is -0.519. The molecule has 2 heterocycles. The highest BCUT2D eigenvalue weighted by atomic mass is 16.5. The van der Waals surface area contributed by atoms with Crippen LogP contribution in [-0.4, -0.2) is 23.5 Å². The van der Waals surface area contributed by atoms with Gasteiger partial charge in [-0.25, -0.2) is 0 Å². The molecule has 3 aromatic carbocycles. The van der Waals surface area contributed by atoms with Gasteiger partial charge in [-0.05, 0) is 43.3 Å². The Hall–Kier alpha value is -4.65. The summed E-state index contributed by atoms with van der Waals surface area (Å²) in [4.78, 5) is 26.2. The number of ketones is 1. The second kappa shape index (κ2) is 9.07. The Morgan fingerprint density at radius 3 is 2.44 bits per heavy atom. The van der Waals surface area contributed by atoms with E-state index in [0.717, 1.165) is 11.3 Å². The van der Waals surface area contributed by atoms with Gasteiger partial charge in [-0.15, -0.1) is 0 Å². The Morgan fingerprint density at radius 2 is 1.68 bits per heavy atom. The highest BCUT2D eigenvalue weighted by Crippen LogP contribution is 2.33. The third kappa shape index (κ3) is 4.06. The summed E-state index contributed by atoms with van der Waals surface area (Å²) in [7, 11) is 0. The molecule has 2 aromatic heterocycles. The van der Waals surface area contributed by atoms with E-state index >= 15 is 0 Å². The molecule has 5 aromatic rings. The number of furan rings is 1. The Balaban J connectivity index is 1.44. The third-order valence-corrected chi connectivity index (χ3v) is 5.27. The molecule has 0 saturated heterocycles. The van der Waals surface area contributed by atoms with Gasteiger partial charge in [0, 0.05) is 22.6 Å². The number of hydrogen-bond acceptors (Lipinski definition) is 6. The zero-order chi connectivity index (χ0) is 23.5. The molecule has 7 heteroatoms. The third-order valence-electron chi connectivity index (χ3n) is 5.27. The van der Waals surface area contributed by atoms with Crippen molar-refractivity contribution < 1.29 is 23.3 Å². The number of nitrogens with one attached hydrogen (secondary N) is 1. The lowest BCUT2D eigenvalue weighted by Crippen LogP contribution is -2.14. The fourth-order valence-corrected chi connectivity index (χ4v) is 3.63. The topological polar surface area (TPSA) is 94.6 Å². The quantitative estimate of drug-likeness (QED) is 0.306. The number of fused-ring (bicyclic) bond motifs is 1. The molecule has 0 aliphatic carbocycles. The molecule has 34 heavy (non-hydrogen) atoms. The van der Waals surface area contributed by atoms with Crippen LogP contribution >= 0.6 is 0 Å². The number of para-hydroxylation sites is 1. The van der Waals surface area contributed by atoms with Crippen LogP contribution in [0.15, 0.2) is 93.9 Å². The second-order valence-electron chi connectivity index (χ2n) is 7.49. The smallest absolute Gasteiger partial charge is 0.277 e. The highest BCUT2D eigenvalue weighted by molar-refractivity contribution is 6.18. The molecule has 5 rings (SSSR count). The van der Waals surface area contributed by atoms with Crippen molar-refractivity contribution in [1.82, 2.24) is 5.16 Å². The first-order chi connectivity index (χ1) is 16.6. The molecule has 0 radical (unpaired) electrons. The van der Waals surface area contributed by atoms with Crippen molar-refractivity contribution in [2.45, 2.75) is 6.92 Å². The summed E-state index contributed by atoms with van der Waals surface area (Å²) in [5.41, 5.74) is 2.07. The van der Waals surface area contributed by atoms with Crippen LogP contribution < -0.4 is 10.1 Å². The van der Waals surface area contributed by atoms with Gasteiger partial charge < -0.3 is 19.0 Å². The molecular formula is C27H20N2O5. The Labute approximate surface area is 194 Å². The monoisotopic (exact) mass is 452 g/mol. The molecule has 0 atom stereocenters. The van der Waals surface area contributed by atoms with Gasteiger partial charge in [0.15, 0.2) is 17.2 Å². The van der Waals surface area contributed by atoms with Gasteiger partial charge in [0.25, 0.3) is 5.91 Å². The number of nitrogens with zero attached hydrogens (tertiary/aromatic N) is 1. The summed E-state index contributed by atoms with van der Waals surface area (Å²) < 4.78 is 16.7. The molecule has 0 spiro atoms. The number of anilines is 1. The fourth-order valence-electron chi connectivity index (χ4n) is 3.63. The highest BCUT2D eigenvalue weighted by Gasteiger charge is 2.24. The molecule has 0 fully saturated rings. The number of aromatic nitrogens is 1. The van der Waals surface area contributed by atoms with E-state index < -0.39 is 5.91 Å². The predicted molar refractivity (Wildman–Crippen MR) is 127 cm³/mol. The molecule has 168 valence electrons. The Kier molecular flexibility index (Phi) is 5.66. The summed E-state index contributed by atoms with van der Waals surface area (Å²) in [5.74, 6) is 0.380. The van der Waals surface area contributed by atoms with Crippen LogP contribution in [0.25, 0.3) is 22.3 Å². The molecule has 0 bridgehead atoms. The van der Waals surface area contributed by atoms with Crippen LogP contribution in [-0.2, 0) is 0 Å². The van der Waals surface area contributed by atoms with Crippen LogP contribution in [0.1, 0.15) is 33.5 Å². The number of carbonyl (C=O) groups excluding carboxylic acids is 2. The zero-order valence-electron chi connectivity index (χ0n) is 18.3. The van der Waals surface area contributed by atoms with Gasteiger partial charge in [-0.2, -0.15) is 0 Å². The normalized spacial score (nSPS) is 10.9. The van der Waals surface area contributed by atoms with Gasteiger partial charge in [-0.1, -0.05) is 47.6 Å². The van der Waals surface area contributed by atoms with Crippen molar-refractivity contribution in [2.75, 3.05) is 11.9 Å². The standard InChI is InChI=1S/C27H20N2O5/c1-2-32-19-14-12-17(13-15-19)23-16-21(29-34-23)27(31)28-24-20-10-6-7-11-22(20)33-26(24)25(30)18-8-4-3-5-9-18/h3-16H,2H2,1H3,(H,28,31). The second-order valence-corrected chi connectivity index (χ2v) is 7.49. The molecule has 0 aliphatic heterocycles. The van der Waals surface area contributed by atoms with E-state index in [9.17, 15) is 9.59 Å². The first-order valence-electron chi connectivity index (χ1n) is 10.8. The van der Waals surface area contributed by atoms with Crippen LogP contribution in [0.5, 0.6) is 5.75 Å². The molecule has 7 nitrogen and oxygen atoms in total. The number of carbonyl (C=O) groups is 2. The minimum absolute atomic E-state index is 0.0518. The molecule has 0 unspecified atom stereocenters. The zero-order valence-corrected chi connectivity index (χ0v) is 18.3. The lowest BCUT2D eigenvalue weighted by molar-refractivity contribution is 0.101. The van der Waals surface area contributed by atoms with Gasteiger partial charge >= 0.3 is 0 Å². The fraction of sp³-hybridized carbons (Fsp3) is 0.0741. The predicted octanol–water partition coefficient (Wildman–Crippen LogP) is 5.97. The number of amides is 1. The summed E-state index contributed by atoms with van der Waals surface area (Å²) in [6, 6.07) is 24.7. The van der Waals surface area contributed by atoms with Crippen molar-refractivity contribution >= 4 is 28.3 Å². The van der Waals surface area contributed by atoms with Gasteiger partial charge in [-0.3, -0.25) is 9.59 Å². The van der Waals surface area contributed by atoms with Crippen molar-refractivity contribution in [3.05, 3.63) is 102 Å². The van der Waals surface area contributed by atoms with Gasteiger partial charge in [0.1, 0.15) is 11.3 Å².